The largest absolute Gasteiger partial charge is 0.445 e. The average molecular weight is 337 g/mol. The van der Waals surface area contributed by atoms with Crippen LogP contribution in [0.4, 0.5) is 13.6 Å². The highest BCUT2D eigenvalue weighted by Gasteiger charge is 2.70. The van der Waals surface area contributed by atoms with E-state index >= 15 is 0 Å². The first-order chi connectivity index (χ1) is 11.2. The number of alkyl carbamates (subject to hydrolysis) is 1. The van der Waals surface area contributed by atoms with Gasteiger partial charge in [0.05, 0.1) is 11.1 Å². The minimum absolute atomic E-state index is 0.0361. The van der Waals surface area contributed by atoms with Crippen molar-refractivity contribution in [3.05, 3.63) is 35.9 Å². The average Bonchev–Trinajstić information content (AvgIpc) is 2.40. The van der Waals surface area contributed by atoms with Gasteiger partial charge >= 0.3 is 6.09 Å². The van der Waals surface area contributed by atoms with Crippen LogP contribution in [-0.4, -0.2) is 33.7 Å². The molecule has 0 heterocycles. The molecule has 4 nitrogen and oxygen atoms in total. The van der Waals surface area contributed by atoms with Crippen LogP contribution in [0.5, 0.6) is 0 Å². The molecule has 5 rings (SSSR count). The number of amides is 1. The van der Waals surface area contributed by atoms with Crippen LogP contribution in [0.1, 0.15) is 44.1 Å². The highest BCUT2D eigenvalue weighted by atomic mass is 19.2. The fourth-order valence-corrected chi connectivity index (χ4v) is 5.45. The van der Waals surface area contributed by atoms with Gasteiger partial charge in [0.2, 0.25) is 0 Å². The summed E-state index contributed by atoms with van der Waals surface area (Å²) in [6.45, 7) is 0.0918. The Labute approximate surface area is 139 Å². The predicted molar refractivity (Wildman–Crippen MR) is 82.8 cm³/mol. The number of nitrogens with one attached hydrogen (secondary N) is 1. The first kappa shape index (κ1) is 15.8. The van der Waals surface area contributed by atoms with Gasteiger partial charge in [-0.3, -0.25) is 0 Å². The van der Waals surface area contributed by atoms with E-state index in [0.29, 0.717) is 0 Å². The molecule has 0 saturated heterocycles. The van der Waals surface area contributed by atoms with Gasteiger partial charge in [0.1, 0.15) is 17.9 Å². The van der Waals surface area contributed by atoms with Crippen molar-refractivity contribution >= 4 is 6.09 Å². The van der Waals surface area contributed by atoms with Gasteiger partial charge in [-0.1, -0.05) is 30.3 Å². The summed E-state index contributed by atoms with van der Waals surface area (Å²) in [5, 5.41) is 13.2. The number of carbonyl (C=O) groups excluding carboxylic acids is 1. The maximum atomic E-state index is 14.9. The molecule has 4 fully saturated rings. The summed E-state index contributed by atoms with van der Waals surface area (Å²) in [6.07, 6.45) is -0.732. The highest BCUT2D eigenvalue weighted by Crippen LogP contribution is 2.63. The van der Waals surface area contributed by atoms with E-state index in [9.17, 15) is 18.7 Å². The Morgan fingerprint density at radius 1 is 1.04 bits per heavy atom. The molecule has 4 saturated carbocycles. The number of hydrogen-bond donors (Lipinski definition) is 2. The third-order valence-electron chi connectivity index (χ3n) is 5.48. The Morgan fingerprint density at radius 3 is 2.25 bits per heavy atom. The molecule has 24 heavy (non-hydrogen) atoms. The summed E-state index contributed by atoms with van der Waals surface area (Å²) in [6, 6.07) is 9.19. The zero-order chi connectivity index (χ0) is 17.1. The second-order valence-corrected chi connectivity index (χ2v) is 8.05. The second kappa shape index (κ2) is 4.91. The quantitative estimate of drug-likeness (QED) is 0.891. The Morgan fingerprint density at radius 2 is 1.67 bits per heavy atom. The fraction of sp³-hybridized carbons (Fsp3) is 0.611. The molecular weight excluding hydrogens is 316 g/mol. The number of alkyl halides is 2. The van der Waals surface area contributed by atoms with E-state index in [-0.39, 0.29) is 45.1 Å². The van der Waals surface area contributed by atoms with Crippen LogP contribution in [0, 0.1) is 0 Å². The molecule has 0 radical (unpaired) electrons. The Balaban J connectivity index is 1.47. The third-order valence-corrected chi connectivity index (χ3v) is 5.48. The molecule has 1 aromatic rings. The molecule has 130 valence electrons. The van der Waals surface area contributed by atoms with Gasteiger partial charge in [-0.2, -0.15) is 0 Å². The molecule has 4 bridgehead atoms. The molecule has 0 aromatic heterocycles. The summed E-state index contributed by atoms with van der Waals surface area (Å²) >= 11 is 0. The normalized spacial score (nSPS) is 42.8. The fourth-order valence-electron chi connectivity index (χ4n) is 5.45. The summed E-state index contributed by atoms with van der Waals surface area (Å²) in [5.41, 5.74) is -5.14. The smallest absolute Gasteiger partial charge is 0.407 e. The lowest BCUT2D eigenvalue weighted by atomic mass is 9.48. The van der Waals surface area contributed by atoms with Gasteiger partial charge in [0, 0.05) is 32.1 Å². The van der Waals surface area contributed by atoms with E-state index in [2.05, 4.69) is 5.32 Å². The van der Waals surface area contributed by atoms with Gasteiger partial charge < -0.3 is 15.2 Å². The van der Waals surface area contributed by atoms with Crippen molar-refractivity contribution in [2.24, 2.45) is 0 Å². The number of benzene rings is 1. The van der Waals surface area contributed by atoms with Crippen molar-refractivity contribution in [1.82, 2.24) is 5.32 Å². The molecule has 0 spiro atoms. The molecule has 2 atom stereocenters. The standard InChI is InChI=1S/C18H21F2NO3/c19-15-7-16(20)9-17(8-15,12-18(23,10-15)11-16)21-14(22)24-6-13-4-2-1-3-5-13/h1-5,23H,6-12H2,(H,21,22). The van der Waals surface area contributed by atoms with Crippen LogP contribution < -0.4 is 5.32 Å². The summed E-state index contributed by atoms with van der Waals surface area (Å²) in [7, 11) is 0. The van der Waals surface area contributed by atoms with E-state index in [0.717, 1.165) is 5.56 Å². The molecule has 0 aliphatic heterocycles. The number of ether oxygens (including phenoxy) is 1. The molecule has 2 N–H and O–H groups in total. The lowest BCUT2D eigenvalue weighted by Gasteiger charge is -2.63. The van der Waals surface area contributed by atoms with Crippen LogP contribution in [-0.2, 0) is 11.3 Å². The SMILES string of the molecule is O=C(NC12CC3(O)CC(F)(CC(F)(C3)C1)C2)OCc1ccccc1. The maximum Gasteiger partial charge on any atom is 0.407 e. The van der Waals surface area contributed by atoms with Gasteiger partial charge in [0.25, 0.3) is 0 Å². The van der Waals surface area contributed by atoms with Crippen LogP contribution in [0.25, 0.3) is 0 Å². The van der Waals surface area contributed by atoms with Crippen molar-refractivity contribution in [2.75, 3.05) is 0 Å². The number of rotatable bonds is 3. The van der Waals surface area contributed by atoms with Crippen molar-refractivity contribution in [1.29, 1.82) is 0 Å². The van der Waals surface area contributed by atoms with Crippen LogP contribution >= 0.6 is 0 Å². The zero-order valence-corrected chi connectivity index (χ0v) is 13.4. The summed E-state index contributed by atoms with van der Waals surface area (Å²) in [4.78, 5) is 12.2. The van der Waals surface area contributed by atoms with E-state index in [1.807, 2.05) is 30.3 Å². The van der Waals surface area contributed by atoms with Crippen molar-refractivity contribution in [2.45, 2.75) is 67.6 Å². The summed E-state index contributed by atoms with van der Waals surface area (Å²) in [5.74, 6) is 0. The van der Waals surface area contributed by atoms with Crippen LogP contribution in [0.3, 0.4) is 0 Å². The molecule has 1 amide bonds. The minimum atomic E-state index is -1.76. The lowest BCUT2D eigenvalue weighted by Crippen LogP contribution is -2.73. The van der Waals surface area contributed by atoms with Crippen LogP contribution in [0.2, 0.25) is 0 Å². The summed E-state index contributed by atoms with van der Waals surface area (Å²) < 4.78 is 35.0. The van der Waals surface area contributed by atoms with Crippen LogP contribution in [0.15, 0.2) is 30.3 Å². The molecule has 4 aliphatic rings. The van der Waals surface area contributed by atoms with Gasteiger partial charge in [-0.25, -0.2) is 13.6 Å². The number of halogens is 2. The monoisotopic (exact) mass is 337 g/mol. The van der Waals surface area contributed by atoms with E-state index in [1.165, 1.54) is 0 Å². The molecule has 2 unspecified atom stereocenters. The molecule has 4 aliphatic carbocycles. The topological polar surface area (TPSA) is 58.6 Å². The van der Waals surface area contributed by atoms with Crippen molar-refractivity contribution < 1.29 is 23.4 Å². The number of carbonyl (C=O) groups is 1. The van der Waals surface area contributed by atoms with Gasteiger partial charge in [0.15, 0.2) is 0 Å². The van der Waals surface area contributed by atoms with Crippen molar-refractivity contribution in [3.63, 3.8) is 0 Å². The van der Waals surface area contributed by atoms with Gasteiger partial charge in [-0.15, -0.1) is 0 Å². The Bertz CT molecular complexity index is 612. The van der Waals surface area contributed by atoms with E-state index in [4.69, 9.17) is 4.74 Å². The second-order valence-electron chi connectivity index (χ2n) is 8.05. The minimum Gasteiger partial charge on any atom is -0.445 e. The predicted octanol–water partition coefficient (Wildman–Crippen LogP) is 3.18. The molecule has 6 heteroatoms. The van der Waals surface area contributed by atoms with E-state index < -0.39 is 28.6 Å². The zero-order valence-electron chi connectivity index (χ0n) is 13.4. The number of aliphatic hydroxyl groups is 1. The molecule has 1 aromatic carbocycles. The first-order valence-electron chi connectivity index (χ1n) is 8.31. The maximum absolute atomic E-state index is 14.9. The Kier molecular flexibility index (Phi) is 3.24. The highest BCUT2D eigenvalue weighted by molar-refractivity contribution is 5.68. The third kappa shape index (κ3) is 2.77. The van der Waals surface area contributed by atoms with Gasteiger partial charge in [-0.05, 0) is 12.0 Å². The van der Waals surface area contributed by atoms with E-state index in [1.54, 1.807) is 0 Å². The lowest BCUT2D eigenvalue weighted by molar-refractivity contribution is -0.220. The van der Waals surface area contributed by atoms with Crippen molar-refractivity contribution in [3.8, 4) is 0 Å². The Hall–Kier alpha value is -1.69. The number of hydrogen-bond acceptors (Lipinski definition) is 3. The molecular formula is C18H21F2NO3. The first-order valence-corrected chi connectivity index (χ1v) is 8.31.